The van der Waals surface area contributed by atoms with Crippen molar-refractivity contribution in [1.82, 2.24) is 25.4 Å². The maximum atomic E-state index is 12.0. The van der Waals surface area contributed by atoms with Crippen molar-refractivity contribution in [2.24, 2.45) is 0 Å². The highest BCUT2D eigenvalue weighted by atomic mass is 16.7. The normalized spacial score (nSPS) is 12.1. The molecule has 144 valence electrons. The first-order chi connectivity index (χ1) is 13.6. The van der Waals surface area contributed by atoms with Gasteiger partial charge in [-0.05, 0) is 49.2 Å². The minimum Gasteiger partial charge on any atom is -0.454 e. The predicted molar refractivity (Wildman–Crippen MR) is 102 cm³/mol. The van der Waals surface area contributed by atoms with Crippen LogP contribution in [0.5, 0.6) is 11.5 Å². The van der Waals surface area contributed by atoms with E-state index in [1.807, 2.05) is 50.2 Å². The summed E-state index contributed by atoms with van der Waals surface area (Å²) in [4.78, 5) is 16.5. The Balaban J connectivity index is 1.28. The monoisotopic (exact) mass is 379 g/mol. The van der Waals surface area contributed by atoms with E-state index in [-0.39, 0.29) is 12.8 Å². The molecule has 3 heterocycles. The summed E-state index contributed by atoms with van der Waals surface area (Å²) in [5.74, 6) is 2.18. The van der Waals surface area contributed by atoms with Crippen LogP contribution in [-0.4, -0.2) is 27.6 Å². The Morgan fingerprint density at radius 3 is 2.50 bits per heavy atom. The third-order valence-corrected chi connectivity index (χ3v) is 4.38. The van der Waals surface area contributed by atoms with E-state index in [4.69, 9.17) is 9.47 Å². The van der Waals surface area contributed by atoms with Gasteiger partial charge < -0.3 is 20.1 Å². The van der Waals surface area contributed by atoms with Gasteiger partial charge in [0.1, 0.15) is 0 Å². The van der Waals surface area contributed by atoms with Crippen molar-refractivity contribution in [2.45, 2.75) is 26.9 Å². The Morgan fingerprint density at radius 1 is 1.04 bits per heavy atom. The molecule has 8 nitrogen and oxygen atoms in total. The van der Waals surface area contributed by atoms with Crippen LogP contribution in [0.3, 0.4) is 0 Å². The lowest BCUT2D eigenvalue weighted by Gasteiger charge is -2.09. The summed E-state index contributed by atoms with van der Waals surface area (Å²) in [6.07, 6.45) is 1.74. The summed E-state index contributed by atoms with van der Waals surface area (Å²) < 4.78 is 12.4. The largest absolute Gasteiger partial charge is 0.454 e. The minimum atomic E-state index is -0.250. The van der Waals surface area contributed by atoms with Gasteiger partial charge in [0, 0.05) is 25.0 Å². The number of aromatic nitrogens is 3. The fourth-order valence-corrected chi connectivity index (χ4v) is 2.99. The van der Waals surface area contributed by atoms with Crippen molar-refractivity contribution in [3.63, 3.8) is 0 Å². The van der Waals surface area contributed by atoms with Crippen LogP contribution >= 0.6 is 0 Å². The first-order valence-electron chi connectivity index (χ1n) is 8.97. The lowest BCUT2D eigenvalue weighted by molar-refractivity contribution is 0.174. The second-order valence-corrected chi connectivity index (χ2v) is 6.59. The fourth-order valence-electron chi connectivity index (χ4n) is 2.99. The number of nitrogens with one attached hydrogen (secondary N) is 2. The molecule has 3 aromatic rings. The number of amides is 2. The third-order valence-electron chi connectivity index (χ3n) is 4.38. The molecule has 0 unspecified atom stereocenters. The molecular weight excluding hydrogens is 358 g/mol. The Bertz CT molecular complexity index is 998. The van der Waals surface area contributed by atoms with Gasteiger partial charge in [-0.15, -0.1) is 0 Å². The van der Waals surface area contributed by atoms with Crippen LogP contribution in [0.2, 0.25) is 0 Å². The van der Waals surface area contributed by atoms with Crippen LogP contribution in [0.25, 0.3) is 5.82 Å². The molecule has 2 aromatic heterocycles. The Morgan fingerprint density at radius 2 is 1.79 bits per heavy atom. The predicted octanol–water partition coefficient (Wildman–Crippen LogP) is 2.61. The maximum Gasteiger partial charge on any atom is 0.315 e. The van der Waals surface area contributed by atoms with Crippen molar-refractivity contribution >= 4 is 6.03 Å². The molecule has 1 aliphatic rings. The highest BCUT2D eigenvalue weighted by Gasteiger charge is 2.13. The lowest BCUT2D eigenvalue weighted by Crippen LogP contribution is -2.34. The van der Waals surface area contributed by atoms with Crippen molar-refractivity contribution < 1.29 is 14.3 Å². The van der Waals surface area contributed by atoms with Gasteiger partial charge in [-0.25, -0.2) is 14.5 Å². The zero-order valence-electron chi connectivity index (χ0n) is 15.7. The molecule has 4 rings (SSSR count). The van der Waals surface area contributed by atoms with Gasteiger partial charge in [-0.3, -0.25) is 0 Å². The molecule has 0 aliphatic carbocycles. The molecule has 0 saturated heterocycles. The molecule has 0 atom stereocenters. The average molecular weight is 379 g/mol. The molecule has 28 heavy (non-hydrogen) atoms. The summed E-state index contributed by atoms with van der Waals surface area (Å²) in [5.41, 5.74) is 3.82. The van der Waals surface area contributed by atoms with Gasteiger partial charge in [0.25, 0.3) is 0 Å². The number of nitrogens with zero attached hydrogens (tertiary/aromatic N) is 3. The van der Waals surface area contributed by atoms with Crippen molar-refractivity contribution in [3.05, 3.63) is 65.1 Å². The van der Waals surface area contributed by atoms with E-state index in [1.165, 1.54) is 0 Å². The van der Waals surface area contributed by atoms with Crippen molar-refractivity contribution in [2.75, 3.05) is 6.79 Å². The number of hydrogen-bond acceptors (Lipinski definition) is 5. The molecule has 0 spiro atoms. The van der Waals surface area contributed by atoms with Gasteiger partial charge in [0.05, 0.1) is 5.69 Å². The first kappa shape index (κ1) is 17.8. The smallest absolute Gasteiger partial charge is 0.315 e. The first-order valence-corrected chi connectivity index (χ1v) is 8.97. The van der Waals surface area contributed by atoms with Gasteiger partial charge in [-0.2, -0.15) is 5.10 Å². The summed E-state index contributed by atoms with van der Waals surface area (Å²) in [7, 11) is 0. The van der Waals surface area contributed by atoms with E-state index < -0.39 is 0 Å². The maximum absolute atomic E-state index is 12.0. The second-order valence-electron chi connectivity index (χ2n) is 6.59. The van der Waals surface area contributed by atoms with E-state index in [1.54, 1.807) is 10.9 Å². The van der Waals surface area contributed by atoms with Gasteiger partial charge in [0.15, 0.2) is 17.3 Å². The molecule has 8 heteroatoms. The van der Waals surface area contributed by atoms with E-state index >= 15 is 0 Å². The SMILES string of the molecule is Cc1cc(C)n(-c2ccc(CNC(=O)NCc3ccc4c(c3)OCO4)cn2)n1. The molecule has 0 bridgehead atoms. The van der Waals surface area contributed by atoms with Crippen LogP contribution < -0.4 is 20.1 Å². The van der Waals surface area contributed by atoms with Crippen molar-refractivity contribution in [1.29, 1.82) is 0 Å². The molecule has 0 fully saturated rings. The molecule has 0 saturated carbocycles. The van der Waals surface area contributed by atoms with E-state index in [0.717, 1.165) is 34.1 Å². The fraction of sp³-hybridized carbons (Fsp3) is 0.250. The number of fused-ring (bicyclic) bond motifs is 1. The number of pyridine rings is 1. The highest BCUT2D eigenvalue weighted by Crippen LogP contribution is 2.32. The standard InChI is InChI=1S/C20H21N5O3/c1-13-7-14(2)25(24-13)19-6-4-16(10-21-19)11-23-20(26)22-9-15-3-5-17-18(8-15)28-12-27-17/h3-8,10H,9,11-12H2,1-2H3,(H2,22,23,26). The second kappa shape index (κ2) is 7.59. The van der Waals surface area contributed by atoms with Crippen LogP contribution in [-0.2, 0) is 13.1 Å². The Hall–Kier alpha value is -3.55. The molecule has 1 aliphatic heterocycles. The van der Waals surface area contributed by atoms with E-state index in [9.17, 15) is 4.79 Å². The topological polar surface area (TPSA) is 90.3 Å². The number of carbonyl (C=O) groups is 1. The summed E-state index contributed by atoms with van der Waals surface area (Å²) in [6.45, 7) is 4.96. The minimum absolute atomic E-state index is 0.235. The third kappa shape index (κ3) is 3.90. The molecule has 1 aromatic carbocycles. The quantitative estimate of drug-likeness (QED) is 0.711. The number of benzene rings is 1. The number of hydrogen-bond donors (Lipinski definition) is 2. The van der Waals surface area contributed by atoms with Crippen molar-refractivity contribution in [3.8, 4) is 17.3 Å². The summed E-state index contributed by atoms with van der Waals surface area (Å²) in [5, 5.41) is 10.1. The number of ether oxygens (including phenoxy) is 2. The molecule has 2 amide bonds. The number of aryl methyl sites for hydroxylation is 2. The lowest BCUT2D eigenvalue weighted by atomic mass is 10.2. The molecular formula is C20H21N5O3. The van der Waals surface area contributed by atoms with Gasteiger partial charge in [0.2, 0.25) is 6.79 Å². The summed E-state index contributed by atoms with van der Waals surface area (Å²) in [6, 6.07) is 11.2. The van der Waals surface area contributed by atoms with E-state index in [0.29, 0.717) is 18.8 Å². The van der Waals surface area contributed by atoms with Gasteiger partial charge >= 0.3 is 6.03 Å². The van der Waals surface area contributed by atoms with E-state index in [2.05, 4.69) is 20.7 Å². The summed E-state index contributed by atoms with van der Waals surface area (Å²) >= 11 is 0. The zero-order valence-corrected chi connectivity index (χ0v) is 15.7. The number of urea groups is 1. The number of rotatable bonds is 5. The van der Waals surface area contributed by atoms with Crippen LogP contribution in [0.15, 0.2) is 42.6 Å². The molecule has 2 N–H and O–H groups in total. The van der Waals surface area contributed by atoms with Crippen LogP contribution in [0.1, 0.15) is 22.5 Å². The van der Waals surface area contributed by atoms with Crippen LogP contribution in [0.4, 0.5) is 4.79 Å². The Kier molecular flexibility index (Phi) is 4.84. The highest BCUT2D eigenvalue weighted by molar-refractivity contribution is 5.73. The zero-order chi connectivity index (χ0) is 19.5. The Labute approximate surface area is 162 Å². The van der Waals surface area contributed by atoms with Gasteiger partial charge in [-0.1, -0.05) is 12.1 Å². The number of carbonyl (C=O) groups excluding carboxylic acids is 1. The molecule has 0 radical (unpaired) electrons. The van der Waals surface area contributed by atoms with Crippen LogP contribution in [0, 0.1) is 13.8 Å². The average Bonchev–Trinajstić information content (AvgIpc) is 3.30.